The van der Waals surface area contributed by atoms with Crippen LogP contribution in [-0.4, -0.2) is 42.0 Å². The van der Waals surface area contributed by atoms with Crippen molar-refractivity contribution in [1.29, 1.82) is 0 Å². The molecule has 2 N–H and O–H groups in total. The summed E-state index contributed by atoms with van der Waals surface area (Å²) < 4.78 is 5.73. The van der Waals surface area contributed by atoms with Crippen molar-refractivity contribution in [2.24, 2.45) is 10.9 Å². The number of hydrogen-bond acceptors (Lipinski definition) is 4. The van der Waals surface area contributed by atoms with Crippen molar-refractivity contribution >= 4 is 29.9 Å². The summed E-state index contributed by atoms with van der Waals surface area (Å²) in [6.45, 7) is 13.7. The van der Waals surface area contributed by atoms with Crippen LogP contribution in [0.3, 0.4) is 0 Å². The second kappa shape index (κ2) is 12.3. The minimum atomic E-state index is 0. The molecule has 0 unspecified atom stereocenters. The Labute approximate surface area is 198 Å². The van der Waals surface area contributed by atoms with E-state index in [1.54, 1.807) is 0 Å². The molecule has 1 aromatic carbocycles. The number of likely N-dealkylation sites (tertiary alicyclic amines) is 1. The Hall–Kier alpha value is -1.61. The molecule has 6 nitrogen and oxygen atoms in total. The fraction of sp³-hybridized carbons (Fsp3) is 0.565. The van der Waals surface area contributed by atoms with Gasteiger partial charge < -0.3 is 15.1 Å². The predicted octanol–water partition coefficient (Wildman–Crippen LogP) is 4.19. The molecule has 3 rings (SSSR count). The average molecular weight is 525 g/mol. The first-order valence-corrected chi connectivity index (χ1v) is 10.8. The van der Waals surface area contributed by atoms with E-state index in [0.717, 1.165) is 56.0 Å². The quantitative estimate of drug-likeness (QED) is 0.323. The maximum Gasteiger partial charge on any atom is 0.208 e. The Kier molecular flexibility index (Phi) is 10.1. The largest absolute Gasteiger partial charge is 0.444 e. The molecule has 0 bridgehead atoms. The third kappa shape index (κ3) is 7.58. The van der Waals surface area contributed by atoms with Crippen molar-refractivity contribution in [1.82, 2.24) is 20.5 Å². The standard InChI is InChI=1S/C23H35N5O.HI/c1-5-24-23(25-14-20-8-6-17(2)7-9-20)26-15-21-10-12-28(13-11-21)16-22-27-18(3)19(4)29-22;/h6-9,21H,5,10-16H2,1-4H3,(H2,24,25,26);1H. The normalized spacial score (nSPS) is 15.7. The van der Waals surface area contributed by atoms with Gasteiger partial charge in [0.1, 0.15) is 5.76 Å². The van der Waals surface area contributed by atoms with E-state index in [4.69, 9.17) is 9.41 Å². The Bertz CT molecular complexity index is 775. The molecule has 0 aliphatic carbocycles. The summed E-state index contributed by atoms with van der Waals surface area (Å²) in [6, 6.07) is 8.57. The summed E-state index contributed by atoms with van der Waals surface area (Å²) in [7, 11) is 0. The number of benzene rings is 1. The van der Waals surface area contributed by atoms with Crippen molar-refractivity contribution in [2.45, 2.75) is 53.6 Å². The van der Waals surface area contributed by atoms with Crippen LogP contribution in [0.2, 0.25) is 0 Å². The molecular weight excluding hydrogens is 489 g/mol. The first-order chi connectivity index (χ1) is 14.0. The van der Waals surface area contributed by atoms with E-state index in [9.17, 15) is 0 Å². The number of hydrogen-bond donors (Lipinski definition) is 2. The Morgan fingerprint density at radius 3 is 2.43 bits per heavy atom. The summed E-state index contributed by atoms with van der Waals surface area (Å²) in [5.74, 6) is 3.35. The fourth-order valence-corrected chi connectivity index (χ4v) is 3.59. The molecule has 30 heavy (non-hydrogen) atoms. The number of nitrogens with zero attached hydrogens (tertiary/aromatic N) is 3. The highest BCUT2D eigenvalue weighted by molar-refractivity contribution is 14.0. The molecule has 0 atom stereocenters. The lowest BCUT2D eigenvalue weighted by atomic mass is 9.97. The minimum Gasteiger partial charge on any atom is -0.444 e. The zero-order valence-electron chi connectivity index (χ0n) is 18.7. The van der Waals surface area contributed by atoms with Gasteiger partial charge in [-0.2, -0.15) is 0 Å². The monoisotopic (exact) mass is 525 g/mol. The maximum atomic E-state index is 5.73. The third-order valence-electron chi connectivity index (χ3n) is 5.58. The van der Waals surface area contributed by atoms with Crippen LogP contribution in [-0.2, 0) is 13.1 Å². The second-order valence-electron chi connectivity index (χ2n) is 8.03. The van der Waals surface area contributed by atoms with Gasteiger partial charge in [0.25, 0.3) is 0 Å². The SMILES string of the molecule is CCNC(=NCc1ccc(C)cc1)NCC1CCN(Cc2nc(C)c(C)o2)CC1.I. The zero-order chi connectivity index (χ0) is 20.6. The van der Waals surface area contributed by atoms with Crippen LogP contribution in [0.25, 0.3) is 0 Å². The molecule has 1 aromatic heterocycles. The van der Waals surface area contributed by atoms with Crippen LogP contribution < -0.4 is 10.6 Å². The zero-order valence-corrected chi connectivity index (χ0v) is 21.0. The van der Waals surface area contributed by atoms with Crippen molar-refractivity contribution in [3.63, 3.8) is 0 Å². The van der Waals surface area contributed by atoms with Gasteiger partial charge in [-0.1, -0.05) is 29.8 Å². The van der Waals surface area contributed by atoms with Gasteiger partial charge in [-0.15, -0.1) is 24.0 Å². The van der Waals surface area contributed by atoms with E-state index >= 15 is 0 Å². The first-order valence-electron chi connectivity index (χ1n) is 10.8. The van der Waals surface area contributed by atoms with Gasteiger partial charge in [0.15, 0.2) is 5.96 Å². The van der Waals surface area contributed by atoms with E-state index < -0.39 is 0 Å². The fourth-order valence-electron chi connectivity index (χ4n) is 3.59. The number of piperidine rings is 1. The molecule has 2 heterocycles. The molecule has 0 amide bonds. The molecule has 0 spiro atoms. The Balaban J connectivity index is 0.00000320. The highest BCUT2D eigenvalue weighted by Crippen LogP contribution is 2.19. The lowest BCUT2D eigenvalue weighted by Gasteiger charge is -2.31. The van der Waals surface area contributed by atoms with E-state index in [1.807, 2.05) is 13.8 Å². The van der Waals surface area contributed by atoms with Crippen LogP contribution in [0.4, 0.5) is 0 Å². The molecule has 7 heteroatoms. The number of rotatable bonds is 7. The first kappa shape index (κ1) is 24.7. The van der Waals surface area contributed by atoms with Crippen LogP contribution >= 0.6 is 24.0 Å². The molecule has 1 aliphatic heterocycles. The Morgan fingerprint density at radius 2 is 1.83 bits per heavy atom. The van der Waals surface area contributed by atoms with Crippen LogP contribution in [0.5, 0.6) is 0 Å². The van der Waals surface area contributed by atoms with Crippen molar-refractivity contribution in [3.05, 3.63) is 52.7 Å². The number of oxazole rings is 1. The molecule has 2 aromatic rings. The molecule has 1 aliphatic rings. The number of halogens is 1. The number of nitrogens with one attached hydrogen (secondary N) is 2. The van der Waals surface area contributed by atoms with Gasteiger partial charge in [0, 0.05) is 13.1 Å². The number of guanidine groups is 1. The lowest BCUT2D eigenvalue weighted by Crippen LogP contribution is -2.42. The molecule has 0 saturated carbocycles. The van der Waals surface area contributed by atoms with Gasteiger partial charge in [0.2, 0.25) is 5.89 Å². The van der Waals surface area contributed by atoms with E-state index in [2.05, 4.69) is 58.6 Å². The summed E-state index contributed by atoms with van der Waals surface area (Å²) in [5.41, 5.74) is 3.51. The summed E-state index contributed by atoms with van der Waals surface area (Å²) in [4.78, 5) is 11.7. The average Bonchev–Trinajstić information content (AvgIpc) is 3.03. The minimum absolute atomic E-state index is 0. The van der Waals surface area contributed by atoms with Crippen LogP contribution in [0.15, 0.2) is 33.7 Å². The lowest BCUT2D eigenvalue weighted by molar-refractivity contribution is 0.164. The number of aryl methyl sites for hydroxylation is 3. The van der Waals surface area contributed by atoms with Crippen molar-refractivity contribution in [3.8, 4) is 0 Å². The van der Waals surface area contributed by atoms with Gasteiger partial charge in [-0.05, 0) is 65.1 Å². The molecule has 1 fully saturated rings. The summed E-state index contributed by atoms with van der Waals surface area (Å²) >= 11 is 0. The van der Waals surface area contributed by atoms with E-state index in [1.165, 1.54) is 24.0 Å². The molecule has 166 valence electrons. The van der Waals surface area contributed by atoms with Gasteiger partial charge in [0.05, 0.1) is 18.8 Å². The summed E-state index contributed by atoms with van der Waals surface area (Å²) in [6.07, 6.45) is 2.37. The highest BCUT2D eigenvalue weighted by Gasteiger charge is 2.21. The molecule has 1 saturated heterocycles. The topological polar surface area (TPSA) is 65.7 Å². The molecular formula is C23H36IN5O. The van der Waals surface area contributed by atoms with Crippen LogP contribution in [0, 0.1) is 26.7 Å². The second-order valence-corrected chi connectivity index (χ2v) is 8.03. The number of aromatic nitrogens is 1. The summed E-state index contributed by atoms with van der Waals surface area (Å²) in [5, 5.41) is 6.90. The number of aliphatic imine (C=N–C) groups is 1. The Morgan fingerprint density at radius 1 is 1.13 bits per heavy atom. The van der Waals surface area contributed by atoms with Gasteiger partial charge in [-0.3, -0.25) is 4.90 Å². The smallest absolute Gasteiger partial charge is 0.208 e. The van der Waals surface area contributed by atoms with Gasteiger partial charge >= 0.3 is 0 Å². The van der Waals surface area contributed by atoms with Crippen LogP contribution in [0.1, 0.15) is 48.2 Å². The predicted molar refractivity (Wildman–Crippen MR) is 133 cm³/mol. The van der Waals surface area contributed by atoms with Crippen molar-refractivity contribution < 1.29 is 4.42 Å². The van der Waals surface area contributed by atoms with Crippen molar-refractivity contribution in [2.75, 3.05) is 26.2 Å². The molecule has 0 radical (unpaired) electrons. The highest BCUT2D eigenvalue weighted by atomic mass is 127. The van der Waals surface area contributed by atoms with E-state index in [0.29, 0.717) is 12.5 Å². The van der Waals surface area contributed by atoms with Gasteiger partial charge in [-0.25, -0.2) is 9.98 Å². The third-order valence-corrected chi connectivity index (χ3v) is 5.58. The van der Waals surface area contributed by atoms with E-state index in [-0.39, 0.29) is 24.0 Å². The maximum absolute atomic E-state index is 5.73.